The van der Waals surface area contributed by atoms with E-state index in [0.717, 1.165) is 25.7 Å². The van der Waals surface area contributed by atoms with Gasteiger partial charge in [0.1, 0.15) is 11.5 Å². The molecule has 0 aliphatic rings. The van der Waals surface area contributed by atoms with Crippen LogP contribution < -0.4 is 9.05 Å². The van der Waals surface area contributed by atoms with Gasteiger partial charge in [-0.25, -0.2) is 4.57 Å². The molecule has 4 heteroatoms. The molecular formula is C18H23O3P. The zero-order valence-electron chi connectivity index (χ0n) is 13.0. The van der Waals surface area contributed by atoms with Crippen LogP contribution in [0.5, 0.6) is 11.5 Å². The number of para-hydroxylation sites is 2. The number of unbranched alkanes of at least 4 members (excludes halogenated alkanes) is 3. The van der Waals surface area contributed by atoms with Crippen molar-refractivity contribution < 1.29 is 13.6 Å². The lowest BCUT2D eigenvalue weighted by Gasteiger charge is -2.20. The summed E-state index contributed by atoms with van der Waals surface area (Å²) < 4.78 is 24.5. The zero-order chi connectivity index (χ0) is 15.7. The molecule has 0 saturated carbocycles. The van der Waals surface area contributed by atoms with Gasteiger partial charge in [0, 0.05) is 0 Å². The Labute approximate surface area is 132 Å². The molecule has 0 amide bonds. The van der Waals surface area contributed by atoms with Crippen LogP contribution in [0, 0.1) is 0 Å². The van der Waals surface area contributed by atoms with E-state index in [9.17, 15) is 4.57 Å². The minimum atomic E-state index is -3.20. The summed E-state index contributed by atoms with van der Waals surface area (Å²) in [5.74, 6) is 1.16. The van der Waals surface area contributed by atoms with Crippen LogP contribution in [0.2, 0.25) is 0 Å². The Morgan fingerprint density at radius 1 is 0.773 bits per heavy atom. The van der Waals surface area contributed by atoms with Crippen molar-refractivity contribution in [3.63, 3.8) is 0 Å². The van der Waals surface area contributed by atoms with Gasteiger partial charge in [-0.15, -0.1) is 0 Å². The molecule has 2 aromatic carbocycles. The van der Waals surface area contributed by atoms with E-state index < -0.39 is 7.60 Å². The van der Waals surface area contributed by atoms with Crippen LogP contribution in [0.15, 0.2) is 60.7 Å². The molecule has 22 heavy (non-hydrogen) atoms. The van der Waals surface area contributed by atoms with Crippen molar-refractivity contribution in [2.24, 2.45) is 0 Å². The van der Waals surface area contributed by atoms with E-state index >= 15 is 0 Å². The number of hydrogen-bond acceptors (Lipinski definition) is 3. The minimum absolute atomic E-state index is 0.427. The molecule has 0 aliphatic carbocycles. The molecule has 0 saturated heterocycles. The van der Waals surface area contributed by atoms with E-state index in [0.29, 0.717) is 17.7 Å². The minimum Gasteiger partial charge on any atom is -0.416 e. The van der Waals surface area contributed by atoms with Crippen LogP contribution >= 0.6 is 7.60 Å². The molecule has 0 N–H and O–H groups in total. The second kappa shape index (κ2) is 8.65. The van der Waals surface area contributed by atoms with Crippen LogP contribution in [0.1, 0.15) is 32.6 Å². The highest BCUT2D eigenvalue weighted by atomic mass is 31.2. The average molecular weight is 318 g/mol. The summed E-state index contributed by atoms with van der Waals surface area (Å²) >= 11 is 0. The quantitative estimate of drug-likeness (QED) is 0.425. The lowest BCUT2D eigenvalue weighted by atomic mass is 10.2. The lowest BCUT2D eigenvalue weighted by Crippen LogP contribution is -2.05. The highest BCUT2D eigenvalue weighted by molar-refractivity contribution is 7.54. The van der Waals surface area contributed by atoms with E-state index in [4.69, 9.17) is 9.05 Å². The van der Waals surface area contributed by atoms with Gasteiger partial charge in [0.25, 0.3) is 0 Å². The van der Waals surface area contributed by atoms with Crippen molar-refractivity contribution in [1.29, 1.82) is 0 Å². The highest BCUT2D eigenvalue weighted by Crippen LogP contribution is 2.49. The average Bonchev–Trinajstić information content (AvgIpc) is 2.53. The molecule has 0 heterocycles. The predicted molar refractivity (Wildman–Crippen MR) is 90.8 cm³/mol. The van der Waals surface area contributed by atoms with Gasteiger partial charge in [0.15, 0.2) is 0 Å². The molecule has 0 spiro atoms. The Morgan fingerprint density at radius 2 is 1.27 bits per heavy atom. The van der Waals surface area contributed by atoms with E-state index in [-0.39, 0.29) is 0 Å². The predicted octanol–water partition coefficient (Wildman–Crippen LogP) is 5.92. The molecule has 2 aromatic rings. The molecule has 0 aromatic heterocycles. The fourth-order valence-corrected chi connectivity index (χ4v) is 3.84. The molecule has 0 atom stereocenters. The second-order valence-corrected chi connectivity index (χ2v) is 7.24. The van der Waals surface area contributed by atoms with Crippen LogP contribution in [-0.2, 0) is 4.57 Å². The number of hydrogen-bond donors (Lipinski definition) is 0. The van der Waals surface area contributed by atoms with E-state index in [1.807, 2.05) is 36.4 Å². The largest absolute Gasteiger partial charge is 0.430 e. The topological polar surface area (TPSA) is 35.5 Å². The molecule has 0 aliphatic heterocycles. The third-order valence-electron chi connectivity index (χ3n) is 3.26. The molecular weight excluding hydrogens is 295 g/mol. The Morgan fingerprint density at radius 3 is 1.73 bits per heavy atom. The third kappa shape index (κ3) is 5.57. The molecule has 0 bridgehead atoms. The maximum absolute atomic E-state index is 13.1. The summed E-state index contributed by atoms with van der Waals surface area (Å²) in [6.07, 6.45) is 4.58. The van der Waals surface area contributed by atoms with Gasteiger partial charge >= 0.3 is 7.60 Å². The normalized spacial score (nSPS) is 11.1. The highest BCUT2D eigenvalue weighted by Gasteiger charge is 2.27. The first kappa shape index (κ1) is 16.6. The monoisotopic (exact) mass is 318 g/mol. The van der Waals surface area contributed by atoms with E-state index in [1.165, 1.54) is 0 Å². The van der Waals surface area contributed by atoms with Gasteiger partial charge in [-0.3, -0.25) is 0 Å². The second-order valence-electron chi connectivity index (χ2n) is 5.20. The molecule has 0 radical (unpaired) electrons. The SMILES string of the molecule is CCCCCCP(=O)(Oc1ccccc1)Oc1ccccc1. The van der Waals surface area contributed by atoms with Gasteiger partial charge in [-0.2, -0.15) is 0 Å². The first-order valence-electron chi connectivity index (χ1n) is 7.80. The van der Waals surface area contributed by atoms with Crippen molar-refractivity contribution in [2.75, 3.05) is 6.16 Å². The van der Waals surface area contributed by atoms with Gasteiger partial charge in [0.2, 0.25) is 0 Å². The van der Waals surface area contributed by atoms with Crippen LogP contribution in [0.25, 0.3) is 0 Å². The van der Waals surface area contributed by atoms with Crippen LogP contribution in [0.3, 0.4) is 0 Å². The Bertz CT molecular complexity index is 538. The molecule has 118 valence electrons. The maximum atomic E-state index is 13.1. The number of rotatable bonds is 9. The summed E-state index contributed by atoms with van der Waals surface area (Å²) in [5.41, 5.74) is 0. The fourth-order valence-electron chi connectivity index (χ4n) is 2.13. The van der Waals surface area contributed by atoms with Crippen LogP contribution in [0.4, 0.5) is 0 Å². The first-order valence-corrected chi connectivity index (χ1v) is 9.53. The van der Waals surface area contributed by atoms with Crippen LogP contribution in [-0.4, -0.2) is 6.16 Å². The molecule has 0 unspecified atom stereocenters. The lowest BCUT2D eigenvalue weighted by molar-refractivity contribution is 0.383. The van der Waals surface area contributed by atoms with Crippen molar-refractivity contribution in [3.05, 3.63) is 60.7 Å². The third-order valence-corrected chi connectivity index (χ3v) is 5.10. The summed E-state index contributed by atoms with van der Waals surface area (Å²) in [4.78, 5) is 0. The van der Waals surface area contributed by atoms with Gasteiger partial charge < -0.3 is 9.05 Å². The van der Waals surface area contributed by atoms with E-state index in [2.05, 4.69) is 6.92 Å². The summed E-state index contributed by atoms with van der Waals surface area (Å²) in [7, 11) is -3.20. The van der Waals surface area contributed by atoms with Crippen molar-refractivity contribution >= 4 is 7.60 Å². The smallest absolute Gasteiger partial charge is 0.416 e. The zero-order valence-corrected chi connectivity index (χ0v) is 13.9. The van der Waals surface area contributed by atoms with Gasteiger partial charge in [-0.1, -0.05) is 62.6 Å². The standard InChI is InChI=1S/C18H23O3P/c1-2-3-4-11-16-22(19,20-17-12-7-5-8-13-17)21-18-14-9-6-10-15-18/h5-10,12-15H,2-4,11,16H2,1H3. The molecule has 3 nitrogen and oxygen atoms in total. The maximum Gasteiger partial charge on any atom is 0.430 e. The Hall–Kier alpha value is -1.73. The van der Waals surface area contributed by atoms with Crippen molar-refractivity contribution in [3.8, 4) is 11.5 Å². The number of benzene rings is 2. The summed E-state index contributed by atoms with van der Waals surface area (Å²) in [6.45, 7) is 2.15. The molecule has 2 rings (SSSR count). The van der Waals surface area contributed by atoms with Gasteiger partial charge in [-0.05, 0) is 30.7 Å². The first-order chi connectivity index (χ1) is 10.7. The fraction of sp³-hybridized carbons (Fsp3) is 0.333. The van der Waals surface area contributed by atoms with Crippen molar-refractivity contribution in [2.45, 2.75) is 32.6 Å². The molecule has 0 fully saturated rings. The van der Waals surface area contributed by atoms with Crippen molar-refractivity contribution in [1.82, 2.24) is 0 Å². The van der Waals surface area contributed by atoms with E-state index in [1.54, 1.807) is 24.3 Å². The van der Waals surface area contributed by atoms with Gasteiger partial charge in [0.05, 0.1) is 6.16 Å². The summed E-state index contributed by atoms with van der Waals surface area (Å²) in [5, 5.41) is 0. The Balaban J connectivity index is 2.07. The Kier molecular flexibility index (Phi) is 6.54. The summed E-state index contributed by atoms with van der Waals surface area (Å²) in [6, 6.07) is 18.4.